The highest BCUT2D eigenvalue weighted by Gasteiger charge is 1.92. The van der Waals surface area contributed by atoms with E-state index in [4.69, 9.17) is 10.2 Å². The summed E-state index contributed by atoms with van der Waals surface area (Å²) in [5.74, 6) is -2.04. The number of aliphatic carboxylic acids is 2. The molecule has 0 aliphatic rings. The number of carboxylic acids is 2. The van der Waals surface area contributed by atoms with Crippen LogP contribution in [0.3, 0.4) is 0 Å². The van der Waals surface area contributed by atoms with E-state index in [1.807, 2.05) is 0 Å². The van der Waals surface area contributed by atoms with Gasteiger partial charge in [-0.25, -0.2) is 9.59 Å². The Labute approximate surface area is 92.2 Å². The van der Waals surface area contributed by atoms with Crippen LogP contribution < -0.4 is 0 Å². The second-order valence-corrected chi connectivity index (χ2v) is 3.01. The molecule has 0 unspecified atom stereocenters. The average Bonchev–Trinajstić information content (AvgIpc) is 2.24. The summed E-state index contributed by atoms with van der Waals surface area (Å²) in [6.07, 6.45) is 4.95. The average molecular weight is 218 g/mol. The van der Waals surface area contributed by atoms with E-state index in [2.05, 4.69) is 0 Å². The molecular weight excluding hydrogens is 208 g/mol. The molecule has 0 spiro atoms. The van der Waals surface area contributed by atoms with E-state index >= 15 is 0 Å². The maximum atomic E-state index is 10.3. The van der Waals surface area contributed by atoms with Crippen LogP contribution in [0.15, 0.2) is 36.4 Å². The molecule has 0 amide bonds. The third-order valence-electron chi connectivity index (χ3n) is 1.75. The van der Waals surface area contributed by atoms with Crippen LogP contribution in [0.4, 0.5) is 0 Å². The maximum Gasteiger partial charge on any atom is 0.328 e. The van der Waals surface area contributed by atoms with Crippen LogP contribution in [0, 0.1) is 0 Å². The molecule has 0 aliphatic heterocycles. The molecule has 0 bridgehead atoms. The largest absolute Gasteiger partial charge is 0.478 e. The molecule has 0 saturated carbocycles. The van der Waals surface area contributed by atoms with Crippen molar-refractivity contribution >= 4 is 24.1 Å². The second-order valence-electron chi connectivity index (χ2n) is 3.01. The molecule has 1 aromatic carbocycles. The summed E-state index contributed by atoms with van der Waals surface area (Å²) >= 11 is 0. The molecule has 82 valence electrons. The van der Waals surface area contributed by atoms with Crippen molar-refractivity contribution in [3.8, 4) is 0 Å². The summed E-state index contributed by atoms with van der Waals surface area (Å²) in [6, 6.07) is 6.89. The molecule has 4 nitrogen and oxygen atoms in total. The van der Waals surface area contributed by atoms with Crippen molar-refractivity contribution in [2.24, 2.45) is 0 Å². The highest BCUT2D eigenvalue weighted by Crippen LogP contribution is 2.08. The highest BCUT2D eigenvalue weighted by atomic mass is 16.4. The molecule has 1 aromatic rings. The smallest absolute Gasteiger partial charge is 0.328 e. The zero-order valence-electron chi connectivity index (χ0n) is 8.33. The Morgan fingerprint density at radius 1 is 0.938 bits per heavy atom. The summed E-state index contributed by atoms with van der Waals surface area (Å²) < 4.78 is 0. The lowest BCUT2D eigenvalue weighted by Gasteiger charge is -1.95. The SMILES string of the molecule is O=C(O)C=Cc1cccc(C=CC(=O)O)c1. The van der Waals surface area contributed by atoms with Crippen molar-refractivity contribution in [2.45, 2.75) is 0 Å². The van der Waals surface area contributed by atoms with Gasteiger partial charge in [-0.05, 0) is 29.3 Å². The predicted molar refractivity (Wildman–Crippen MR) is 59.8 cm³/mol. The minimum atomic E-state index is -1.02. The predicted octanol–water partition coefficient (Wildman–Crippen LogP) is 1.88. The molecule has 16 heavy (non-hydrogen) atoms. The highest BCUT2D eigenvalue weighted by molar-refractivity contribution is 5.86. The summed E-state index contributed by atoms with van der Waals surface area (Å²) in [5.41, 5.74) is 1.41. The fourth-order valence-corrected chi connectivity index (χ4v) is 1.10. The molecule has 0 atom stereocenters. The third-order valence-corrected chi connectivity index (χ3v) is 1.75. The first-order valence-electron chi connectivity index (χ1n) is 4.50. The Bertz CT molecular complexity index is 419. The van der Waals surface area contributed by atoms with Gasteiger partial charge in [0.25, 0.3) is 0 Å². The Balaban J connectivity index is 2.87. The van der Waals surface area contributed by atoms with Crippen LogP contribution in [-0.4, -0.2) is 22.2 Å². The van der Waals surface area contributed by atoms with Crippen molar-refractivity contribution in [1.29, 1.82) is 0 Å². The van der Waals surface area contributed by atoms with Gasteiger partial charge in [-0.2, -0.15) is 0 Å². The first-order chi connectivity index (χ1) is 7.58. The van der Waals surface area contributed by atoms with Crippen LogP contribution in [0.5, 0.6) is 0 Å². The Morgan fingerprint density at radius 3 is 1.75 bits per heavy atom. The number of carboxylic acid groups (broad SMARTS) is 2. The minimum absolute atomic E-state index is 0.704. The molecule has 0 aromatic heterocycles. The number of hydrogen-bond acceptors (Lipinski definition) is 2. The number of rotatable bonds is 4. The van der Waals surface area contributed by atoms with Gasteiger partial charge in [-0.3, -0.25) is 0 Å². The maximum absolute atomic E-state index is 10.3. The standard InChI is InChI=1S/C12H10O4/c13-11(14)6-4-9-2-1-3-10(8-9)5-7-12(15)16/h1-8H,(H,13,14)(H,15,16). The minimum Gasteiger partial charge on any atom is -0.478 e. The van der Waals surface area contributed by atoms with Crippen LogP contribution in [0.1, 0.15) is 11.1 Å². The molecule has 0 aliphatic carbocycles. The van der Waals surface area contributed by atoms with Gasteiger partial charge in [-0.15, -0.1) is 0 Å². The van der Waals surface area contributed by atoms with Crippen molar-refractivity contribution in [2.75, 3.05) is 0 Å². The van der Waals surface area contributed by atoms with Gasteiger partial charge in [-0.1, -0.05) is 18.2 Å². The van der Waals surface area contributed by atoms with Crippen molar-refractivity contribution in [3.05, 3.63) is 47.5 Å². The normalized spacial score (nSPS) is 11.0. The van der Waals surface area contributed by atoms with Crippen LogP contribution >= 0.6 is 0 Å². The molecule has 0 radical (unpaired) electrons. The van der Waals surface area contributed by atoms with Crippen molar-refractivity contribution in [3.63, 3.8) is 0 Å². The molecule has 0 saturated heterocycles. The molecule has 1 rings (SSSR count). The zero-order chi connectivity index (χ0) is 12.0. The van der Waals surface area contributed by atoms with Crippen LogP contribution in [0.25, 0.3) is 12.2 Å². The summed E-state index contributed by atoms with van der Waals surface area (Å²) in [7, 11) is 0. The lowest BCUT2D eigenvalue weighted by Crippen LogP contribution is -1.87. The van der Waals surface area contributed by atoms with E-state index in [1.165, 1.54) is 12.2 Å². The molecule has 2 N–H and O–H groups in total. The quantitative estimate of drug-likeness (QED) is 0.756. The van der Waals surface area contributed by atoms with Gasteiger partial charge in [0.2, 0.25) is 0 Å². The van der Waals surface area contributed by atoms with Gasteiger partial charge in [0, 0.05) is 12.2 Å². The number of carbonyl (C=O) groups is 2. The van der Waals surface area contributed by atoms with E-state index in [0.717, 1.165) is 12.2 Å². The third kappa shape index (κ3) is 4.23. The van der Waals surface area contributed by atoms with Gasteiger partial charge < -0.3 is 10.2 Å². The molecule has 0 heterocycles. The molecular formula is C12H10O4. The van der Waals surface area contributed by atoms with E-state index in [0.29, 0.717) is 11.1 Å². The van der Waals surface area contributed by atoms with E-state index in [-0.39, 0.29) is 0 Å². The number of hydrogen-bond donors (Lipinski definition) is 2. The summed E-state index contributed by atoms with van der Waals surface area (Å²) in [5, 5.41) is 16.9. The number of benzene rings is 1. The fraction of sp³-hybridized carbons (Fsp3) is 0. The fourth-order valence-electron chi connectivity index (χ4n) is 1.10. The van der Waals surface area contributed by atoms with Crippen molar-refractivity contribution < 1.29 is 19.8 Å². The van der Waals surface area contributed by atoms with E-state index < -0.39 is 11.9 Å². The van der Waals surface area contributed by atoms with Gasteiger partial charge in [0.15, 0.2) is 0 Å². The lowest BCUT2D eigenvalue weighted by molar-refractivity contribution is -0.132. The van der Waals surface area contributed by atoms with E-state index in [1.54, 1.807) is 24.3 Å². The summed E-state index contributed by atoms with van der Waals surface area (Å²) in [6.45, 7) is 0. The van der Waals surface area contributed by atoms with Crippen LogP contribution in [0.2, 0.25) is 0 Å². The van der Waals surface area contributed by atoms with Gasteiger partial charge >= 0.3 is 11.9 Å². The van der Waals surface area contributed by atoms with Crippen LogP contribution in [-0.2, 0) is 9.59 Å². The summed E-state index contributed by atoms with van der Waals surface area (Å²) in [4.78, 5) is 20.6. The lowest BCUT2D eigenvalue weighted by atomic mass is 10.1. The van der Waals surface area contributed by atoms with Crippen molar-refractivity contribution in [1.82, 2.24) is 0 Å². The zero-order valence-corrected chi connectivity index (χ0v) is 8.33. The monoisotopic (exact) mass is 218 g/mol. The Hall–Kier alpha value is -2.36. The van der Waals surface area contributed by atoms with E-state index in [9.17, 15) is 9.59 Å². The van der Waals surface area contributed by atoms with Gasteiger partial charge in [0.05, 0.1) is 0 Å². The molecule has 0 fully saturated rings. The first-order valence-corrected chi connectivity index (χ1v) is 4.50. The Morgan fingerprint density at radius 2 is 1.38 bits per heavy atom. The second kappa shape index (κ2) is 5.50. The van der Waals surface area contributed by atoms with Gasteiger partial charge in [0.1, 0.15) is 0 Å². The topological polar surface area (TPSA) is 74.6 Å². The first kappa shape index (κ1) is 11.7. The Kier molecular flexibility index (Phi) is 4.03. The molecule has 4 heteroatoms.